The van der Waals surface area contributed by atoms with Crippen LogP contribution in [0.15, 0.2) is 24.3 Å². The molecule has 1 aromatic heterocycles. The van der Waals surface area contributed by atoms with Crippen molar-refractivity contribution in [2.75, 3.05) is 5.73 Å². The summed E-state index contributed by atoms with van der Waals surface area (Å²) in [5.41, 5.74) is 10.9. The minimum atomic E-state index is 0.225. The van der Waals surface area contributed by atoms with Crippen molar-refractivity contribution in [1.82, 2.24) is 4.98 Å². The first-order valence-corrected chi connectivity index (χ1v) is 8.66. The van der Waals surface area contributed by atoms with Gasteiger partial charge in [-0.2, -0.15) is 5.26 Å². The van der Waals surface area contributed by atoms with Crippen molar-refractivity contribution in [1.29, 1.82) is 5.26 Å². The number of nitrogen functional groups attached to an aromatic ring is 1. The number of nitrogens with two attached hydrogens (primary N) is 1. The van der Waals surface area contributed by atoms with E-state index < -0.39 is 0 Å². The van der Waals surface area contributed by atoms with E-state index in [0.717, 1.165) is 36.1 Å². The number of halogens is 1. The molecule has 3 nitrogen and oxygen atoms in total. The van der Waals surface area contributed by atoms with Gasteiger partial charge < -0.3 is 5.73 Å². The van der Waals surface area contributed by atoms with Crippen molar-refractivity contribution in [2.24, 2.45) is 11.3 Å². The number of rotatable bonds is 1. The number of benzene rings is 1. The zero-order chi connectivity index (χ0) is 17.5. The van der Waals surface area contributed by atoms with Crippen LogP contribution < -0.4 is 5.73 Å². The maximum absolute atomic E-state index is 9.65. The van der Waals surface area contributed by atoms with Crippen LogP contribution in [0.1, 0.15) is 44.0 Å². The first kappa shape index (κ1) is 16.8. The summed E-state index contributed by atoms with van der Waals surface area (Å²) in [5.74, 6) is 0.892. The summed E-state index contributed by atoms with van der Waals surface area (Å²) < 4.78 is 0. The molecule has 0 bridgehead atoms. The molecule has 0 amide bonds. The molecule has 0 radical (unpaired) electrons. The number of fused-ring (bicyclic) bond motifs is 1. The Bertz CT molecular complexity index is 811. The number of pyridine rings is 1. The van der Waals surface area contributed by atoms with Crippen LogP contribution in [0.3, 0.4) is 0 Å². The zero-order valence-corrected chi connectivity index (χ0v) is 15.1. The summed E-state index contributed by atoms with van der Waals surface area (Å²) in [6, 6.07) is 9.88. The summed E-state index contributed by atoms with van der Waals surface area (Å²) in [7, 11) is 0. The molecule has 1 aliphatic rings. The molecule has 0 saturated heterocycles. The van der Waals surface area contributed by atoms with Crippen molar-refractivity contribution >= 4 is 17.4 Å². The lowest BCUT2D eigenvalue weighted by Crippen LogP contribution is -2.28. The summed E-state index contributed by atoms with van der Waals surface area (Å²) in [6.45, 7) is 6.83. The number of hydrogen-bond acceptors (Lipinski definition) is 3. The number of nitrogens with zero attached hydrogens (tertiary/aromatic N) is 2. The Morgan fingerprint density at radius 3 is 2.50 bits per heavy atom. The van der Waals surface area contributed by atoms with E-state index in [1.807, 2.05) is 24.3 Å². The van der Waals surface area contributed by atoms with Crippen LogP contribution in [-0.4, -0.2) is 4.98 Å². The highest BCUT2D eigenvalue weighted by atomic mass is 35.5. The third-order valence-electron chi connectivity index (χ3n) is 5.06. The molecule has 124 valence electrons. The van der Waals surface area contributed by atoms with Crippen LogP contribution >= 0.6 is 11.6 Å². The van der Waals surface area contributed by atoms with Crippen molar-refractivity contribution in [3.8, 4) is 17.2 Å². The predicted octanol–water partition coefficient (Wildman–Crippen LogP) is 5.01. The minimum Gasteiger partial charge on any atom is -0.383 e. The molecular weight excluding hydrogens is 318 g/mol. The van der Waals surface area contributed by atoms with Crippen molar-refractivity contribution in [3.05, 3.63) is 46.1 Å². The molecular formula is C20H22ClN3. The average Bonchev–Trinajstić information content (AvgIpc) is 2.53. The number of aryl methyl sites for hydroxylation is 1. The van der Waals surface area contributed by atoms with Crippen LogP contribution in [0.4, 0.5) is 5.82 Å². The Kier molecular flexibility index (Phi) is 4.27. The molecule has 1 heterocycles. The largest absolute Gasteiger partial charge is 0.383 e. The van der Waals surface area contributed by atoms with Gasteiger partial charge in [0.1, 0.15) is 17.5 Å². The maximum Gasteiger partial charge on any atom is 0.142 e. The zero-order valence-electron chi connectivity index (χ0n) is 14.4. The lowest BCUT2D eigenvalue weighted by molar-refractivity contribution is 0.215. The van der Waals surface area contributed by atoms with E-state index >= 15 is 0 Å². The van der Waals surface area contributed by atoms with Crippen molar-refractivity contribution < 1.29 is 0 Å². The van der Waals surface area contributed by atoms with E-state index in [2.05, 4.69) is 31.8 Å². The highest BCUT2D eigenvalue weighted by Crippen LogP contribution is 2.42. The third-order valence-corrected chi connectivity index (χ3v) is 5.31. The van der Waals surface area contributed by atoms with Gasteiger partial charge in [-0.1, -0.05) is 44.5 Å². The molecule has 2 N–H and O–H groups in total. The van der Waals surface area contributed by atoms with Crippen LogP contribution in [0.25, 0.3) is 11.1 Å². The molecule has 1 aliphatic carbocycles. The monoisotopic (exact) mass is 339 g/mol. The lowest BCUT2D eigenvalue weighted by Gasteiger charge is -2.35. The Hall–Kier alpha value is -2.05. The number of hydrogen-bond donors (Lipinski definition) is 1. The van der Waals surface area contributed by atoms with Gasteiger partial charge in [0, 0.05) is 16.3 Å². The summed E-state index contributed by atoms with van der Waals surface area (Å²) in [5, 5.41) is 10.3. The molecule has 0 aliphatic heterocycles. The van der Waals surface area contributed by atoms with E-state index in [-0.39, 0.29) is 5.41 Å². The molecule has 1 atom stereocenters. The topological polar surface area (TPSA) is 62.7 Å². The van der Waals surface area contributed by atoms with Crippen LogP contribution in [0, 0.1) is 22.7 Å². The molecule has 1 aromatic carbocycles. The highest BCUT2D eigenvalue weighted by Gasteiger charge is 2.32. The van der Waals surface area contributed by atoms with Gasteiger partial charge >= 0.3 is 0 Å². The van der Waals surface area contributed by atoms with Crippen molar-refractivity contribution in [2.45, 2.75) is 40.0 Å². The van der Waals surface area contributed by atoms with Crippen molar-refractivity contribution in [3.63, 3.8) is 0 Å². The fraction of sp³-hybridized carbons (Fsp3) is 0.400. The molecule has 4 heteroatoms. The first-order valence-electron chi connectivity index (χ1n) is 8.28. The second-order valence-electron chi connectivity index (χ2n) is 7.60. The van der Waals surface area contributed by atoms with Gasteiger partial charge in [0.05, 0.1) is 0 Å². The number of aromatic nitrogens is 1. The third kappa shape index (κ3) is 2.99. The smallest absolute Gasteiger partial charge is 0.142 e. The van der Waals surface area contributed by atoms with E-state index in [1.54, 1.807) is 0 Å². The van der Waals surface area contributed by atoms with E-state index in [9.17, 15) is 5.26 Å². The molecule has 24 heavy (non-hydrogen) atoms. The summed E-state index contributed by atoms with van der Waals surface area (Å²) in [4.78, 5) is 4.53. The Morgan fingerprint density at radius 1 is 1.25 bits per heavy atom. The van der Waals surface area contributed by atoms with Gasteiger partial charge in [-0.3, -0.25) is 0 Å². The molecule has 1 unspecified atom stereocenters. The fourth-order valence-electron chi connectivity index (χ4n) is 3.57. The Labute approximate surface area is 148 Å². The van der Waals surface area contributed by atoms with Gasteiger partial charge in [0.2, 0.25) is 0 Å². The second-order valence-corrected chi connectivity index (χ2v) is 8.03. The number of anilines is 1. The van der Waals surface area contributed by atoms with Gasteiger partial charge in [0.15, 0.2) is 0 Å². The van der Waals surface area contributed by atoms with E-state index in [0.29, 0.717) is 22.3 Å². The molecule has 2 aromatic rings. The fourth-order valence-corrected chi connectivity index (χ4v) is 3.69. The highest BCUT2D eigenvalue weighted by molar-refractivity contribution is 6.30. The molecule has 3 rings (SSSR count). The standard InChI is InChI=1S/C20H22ClN3/c1-20(2,3)13-6-9-17-15(10-13)18(16(11-22)19(23)24-17)12-4-7-14(21)8-5-12/h4-5,7-8,13H,6,9-10H2,1-3H3,(H2,23,24). The normalized spacial score (nSPS) is 17.2. The minimum absolute atomic E-state index is 0.225. The summed E-state index contributed by atoms with van der Waals surface area (Å²) in [6.07, 6.45) is 2.95. The predicted molar refractivity (Wildman–Crippen MR) is 98.8 cm³/mol. The molecule has 0 fully saturated rings. The van der Waals surface area contributed by atoms with Crippen LogP contribution in [0.5, 0.6) is 0 Å². The average molecular weight is 340 g/mol. The SMILES string of the molecule is CC(C)(C)C1CCc2nc(N)c(C#N)c(-c3ccc(Cl)cc3)c2C1. The van der Waals surface area contributed by atoms with Crippen LogP contribution in [-0.2, 0) is 12.8 Å². The lowest BCUT2D eigenvalue weighted by atomic mass is 9.70. The molecule has 0 spiro atoms. The first-order chi connectivity index (χ1) is 11.3. The van der Waals surface area contributed by atoms with Gasteiger partial charge in [-0.05, 0) is 53.9 Å². The summed E-state index contributed by atoms with van der Waals surface area (Å²) >= 11 is 6.03. The Balaban J connectivity index is 2.22. The van der Waals surface area contributed by atoms with Gasteiger partial charge in [0.25, 0.3) is 0 Å². The molecule has 0 saturated carbocycles. The van der Waals surface area contributed by atoms with E-state index in [4.69, 9.17) is 17.3 Å². The van der Waals surface area contributed by atoms with E-state index in [1.165, 1.54) is 5.56 Å². The van der Waals surface area contributed by atoms with Gasteiger partial charge in [-0.15, -0.1) is 0 Å². The number of nitriles is 1. The van der Waals surface area contributed by atoms with Crippen LogP contribution in [0.2, 0.25) is 5.02 Å². The Morgan fingerprint density at radius 2 is 1.92 bits per heavy atom. The van der Waals surface area contributed by atoms with Gasteiger partial charge in [-0.25, -0.2) is 4.98 Å². The quantitative estimate of drug-likeness (QED) is 0.794. The second kappa shape index (κ2) is 6.11. The maximum atomic E-state index is 9.65.